The number of carbonyl (C=O) groups excluding carboxylic acids is 1. The molecule has 118 valence electrons. The van der Waals surface area contributed by atoms with Gasteiger partial charge >= 0.3 is 5.97 Å². The van der Waals surface area contributed by atoms with Gasteiger partial charge in [0.2, 0.25) is 0 Å². The van der Waals surface area contributed by atoms with Gasteiger partial charge in [-0.05, 0) is 13.3 Å². The monoisotopic (exact) mass is 522 g/mol. The van der Waals surface area contributed by atoms with Gasteiger partial charge in [-0.1, -0.05) is 102 Å². The molecule has 0 aliphatic heterocycles. The number of allylic oxidation sites excluding steroid dienone is 1. The zero-order valence-electron chi connectivity index (χ0n) is 12.6. The third kappa shape index (κ3) is 16.9. The number of ether oxygens (including phenoxy) is 1. The molecule has 0 amide bonds. The SMILES string of the molecule is CC=CC(=O)OCCCCCCCCCC[SiH2]C(I)I. The van der Waals surface area contributed by atoms with Crippen molar-refractivity contribution in [1.29, 1.82) is 0 Å². The fraction of sp³-hybridized carbons (Fsp3) is 0.800. The van der Waals surface area contributed by atoms with Crippen molar-refractivity contribution in [2.45, 2.75) is 65.9 Å². The van der Waals surface area contributed by atoms with E-state index in [1.165, 1.54) is 57.1 Å². The normalized spacial score (nSPS) is 12.0. The van der Waals surface area contributed by atoms with Crippen LogP contribution in [-0.4, -0.2) is 23.7 Å². The fourth-order valence-corrected chi connectivity index (χ4v) is 5.59. The second kappa shape index (κ2) is 16.3. The maximum absolute atomic E-state index is 11.0. The average Bonchev–Trinajstić information content (AvgIpc) is 2.40. The Hall–Kier alpha value is 0.887. The van der Waals surface area contributed by atoms with Crippen molar-refractivity contribution in [2.24, 2.45) is 0 Å². The third-order valence-electron chi connectivity index (χ3n) is 3.11. The molecule has 0 aromatic heterocycles. The van der Waals surface area contributed by atoms with Gasteiger partial charge in [0.05, 0.1) is 6.61 Å². The largest absolute Gasteiger partial charge is 0.463 e. The molecule has 5 heteroatoms. The molecular weight excluding hydrogens is 494 g/mol. The van der Waals surface area contributed by atoms with Crippen LogP contribution in [0.2, 0.25) is 6.04 Å². The van der Waals surface area contributed by atoms with E-state index in [4.69, 9.17) is 4.74 Å². The van der Waals surface area contributed by atoms with Gasteiger partial charge in [0.1, 0.15) is 0 Å². The molecule has 2 nitrogen and oxygen atoms in total. The first kappa shape index (κ1) is 20.9. The first-order valence-electron chi connectivity index (χ1n) is 7.74. The summed E-state index contributed by atoms with van der Waals surface area (Å²) in [6.45, 7) is 2.40. The molecule has 0 aromatic carbocycles. The van der Waals surface area contributed by atoms with Gasteiger partial charge in [-0.2, -0.15) is 0 Å². The van der Waals surface area contributed by atoms with Gasteiger partial charge < -0.3 is 4.74 Å². The van der Waals surface area contributed by atoms with Gasteiger partial charge in [-0.25, -0.2) is 4.79 Å². The molecule has 0 spiro atoms. The molecule has 0 N–H and O–H groups in total. The van der Waals surface area contributed by atoms with E-state index in [2.05, 4.69) is 45.2 Å². The Kier molecular flexibility index (Phi) is 17.0. The molecule has 0 saturated carbocycles. The van der Waals surface area contributed by atoms with Crippen LogP contribution in [-0.2, 0) is 9.53 Å². The number of alkyl halides is 2. The van der Waals surface area contributed by atoms with E-state index in [-0.39, 0.29) is 15.5 Å². The molecule has 0 fully saturated rings. The minimum atomic E-state index is -0.212. The average molecular weight is 522 g/mol. The number of carbonyl (C=O) groups is 1. The quantitative estimate of drug-likeness (QED) is 0.0854. The van der Waals surface area contributed by atoms with E-state index in [9.17, 15) is 4.79 Å². The minimum absolute atomic E-state index is 0.209. The summed E-state index contributed by atoms with van der Waals surface area (Å²) in [5.41, 5.74) is 0. The summed E-state index contributed by atoms with van der Waals surface area (Å²) in [4.78, 5) is 11.0. The van der Waals surface area contributed by atoms with Crippen LogP contribution in [0.3, 0.4) is 0 Å². The Balaban J connectivity index is 3.08. The van der Waals surface area contributed by atoms with Crippen molar-refractivity contribution < 1.29 is 9.53 Å². The van der Waals surface area contributed by atoms with E-state index in [0.717, 1.165) is 7.98 Å². The summed E-state index contributed by atoms with van der Waals surface area (Å²) in [6, 6.07) is 1.52. The number of hydrogen-bond acceptors (Lipinski definition) is 2. The highest BCUT2D eigenvalue weighted by atomic mass is 127. The number of hydrogen-bond donors (Lipinski definition) is 0. The van der Waals surface area contributed by atoms with E-state index < -0.39 is 0 Å². The maximum Gasteiger partial charge on any atom is 0.330 e. The van der Waals surface area contributed by atoms with E-state index >= 15 is 0 Å². The molecule has 0 aliphatic carbocycles. The smallest absolute Gasteiger partial charge is 0.330 e. The Bertz CT molecular complexity index is 258. The van der Waals surface area contributed by atoms with Gasteiger partial charge in [0.15, 0.2) is 0 Å². The summed E-state index contributed by atoms with van der Waals surface area (Å²) < 4.78 is 5.99. The third-order valence-corrected chi connectivity index (χ3v) is 8.20. The lowest BCUT2D eigenvalue weighted by Crippen LogP contribution is -2.01. The Morgan fingerprint density at radius 2 is 1.60 bits per heavy atom. The van der Waals surface area contributed by atoms with Crippen molar-refractivity contribution in [3.8, 4) is 0 Å². The standard InChI is InChI=1S/C15H28I2O2Si/c1-2-11-14(18)19-12-9-7-5-3-4-6-8-10-13-20-15(16)17/h2,11,15H,3-10,12-13,20H2,1H3. The highest BCUT2D eigenvalue weighted by Crippen LogP contribution is 2.13. The van der Waals surface area contributed by atoms with Gasteiger partial charge in [-0.3, -0.25) is 0 Å². The van der Waals surface area contributed by atoms with Gasteiger partial charge in [0, 0.05) is 17.2 Å². The summed E-state index contributed by atoms with van der Waals surface area (Å²) in [5, 5.41) is 0. The molecule has 0 bridgehead atoms. The molecule has 20 heavy (non-hydrogen) atoms. The Labute approximate surface area is 154 Å². The zero-order valence-corrected chi connectivity index (χ0v) is 18.3. The summed E-state index contributed by atoms with van der Waals surface area (Å²) in [5.74, 6) is -0.212. The molecule has 0 rings (SSSR count). The van der Waals surface area contributed by atoms with Crippen LogP contribution in [0, 0.1) is 0 Å². The molecule has 0 unspecified atom stereocenters. The summed E-state index contributed by atoms with van der Waals surface area (Å²) in [6.07, 6.45) is 13.6. The molecule has 0 aromatic rings. The van der Waals surface area contributed by atoms with Crippen LogP contribution in [0.1, 0.15) is 58.3 Å². The lowest BCUT2D eigenvalue weighted by molar-refractivity contribution is -0.137. The Morgan fingerprint density at radius 3 is 2.15 bits per heavy atom. The molecule has 0 radical (unpaired) electrons. The molecule has 0 aliphatic rings. The number of esters is 1. The lowest BCUT2D eigenvalue weighted by Gasteiger charge is -2.03. The van der Waals surface area contributed by atoms with E-state index in [1.54, 1.807) is 6.08 Å². The number of halogens is 2. The second-order valence-electron chi connectivity index (χ2n) is 5.03. The predicted molar refractivity (Wildman–Crippen MR) is 108 cm³/mol. The first-order valence-corrected chi connectivity index (χ1v) is 12.0. The van der Waals surface area contributed by atoms with Crippen LogP contribution < -0.4 is 0 Å². The van der Waals surface area contributed by atoms with Gasteiger partial charge in [0.25, 0.3) is 0 Å². The maximum atomic E-state index is 11.0. The van der Waals surface area contributed by atoms with Gasteiger partial charge in [-0.15, -0.1) is 0 Å². The van der Waals surface area contributed by atoms with Crippen molar-refractivity contribution in [3.63, 3.8) is 0 Å². The molecule has 0 atom stereocenters. The fourth-order valence-electron chi connectivity index (χ4n) is 2.00. The molecule has 0 saturated heterocycles. The number of rotatable bonds is 13. The highest BCUT2D eigenvalue weighted by Gasteiger charge is 1.98. The first-order chi connectivity index (χ1) is 9.66. The topological polar surface area (TPSA) is 26.3 Å². The van der Waals surface area contributed by atoms with Crippen molar-refractivity contribution in [3.05, 3.63) is 12.2 Å². The van der Waals surface area contributed by atoms with Crippen molar-refractivity contribution in [1.82, 2.24) is 0 Å². The van der Waals surface area contributed by atoms with Crippen LogP contribution in [0.4, 0.5) is 0 Å². The van der Waals surface area contributed by atoms with E-state index in [0.29, 0.717) is 6.61 Å². The Morgan fingerprint density at radius 1 is 1.05 bits per heavy atom. The van der Waals surface area contributed by atoms with E-state index in [1.807, 2.05) is 6.92 Å². The zero-order chi connectivity index (χ0) is 15.1. The molecule has 0 heterocycles. The summed E-state index contributed by atoms with van der Waals surface area (Å²) >= 11 is 5.11. The number of unbranched alkanes of at least 4 members (excludes halogenated alkanes) is 7. The highest BCUT2D eigenvalue weighted by molar-refractivity contribution is 14.2. The van der Waals surface area contributed by atoms with Crippen LogP contribution in [0.25, 0.3) is 0 Å². The van der Waals surface area contributed by atoms with Crippen LogP contribution in [0.15, 0.2) is 12.2 Å². The summed E-state index contributed by atoms with van der Waals surface area (Å²) in [7, 11) is 0.209. The minimum Gasteiger partial charge on any atom is -0.463 e. The van der Waals surface area contributed by atoms with Crippen LogP contribution in [0.5, 0.6) is 0 Å². The lowest BCUT2D eigenvalue weighted by atomic mass is 10.1. The van der Waals surface area contributed by atoms with Crippen molar-refractivity contribution in [2.75, 3.05) is 6.61 Å². The predicted octanol–water partition coefficient (Wildman–Crippen LogP) is 4.97. The van der Waals surface area contributed by atoms with Crippen molar-refractivity contribution >= 4 is 60.7 Å². The molecular formula is C15H28I2O2Si. The van der Waals surface area contributed by atoms with Crippen LogP contribution >= 0.6 is 45.2 Å². The second-order valence-corrected chi connectivity index (χ2v) is 15.8.